The largest absolute Gasteiger partial charge is 0.497 e. The molecule has 2 heterocycles. The van der Waals surface area contributed by atoms with E-state index in [-0.39, 0.29) is 0 Å². The van der Waals surface area contributed by atoms with Gasteiger partial charge < -0.3 is 9.64 Å². The second kappa shape index (κ2) is 10.8. The van der Waals surface area contributed by atoms with Crippen LogP contribution in [0.1, 0.15) is 24.0 Å². The van der Waals surface area contributed by atoms with Gasteiger partial charge in [0, 0.05) is 30.3 Å². The Hall–Kier alpha value is -1.34. The van der Waals surface area contributed by atoms with Gasteiger partial charge in [0.15, 0.2) is 0 Å². The summed E-state index contributed by atoms with van der Waals surface area (Å²) < 4.78 is 20.6. The lowest BCUT2D eigenvalue weighted by Gasteiger charge is -2.32. The summed E-state index contributed by atoms with van der Waals surface area (Å²) in [6, 6.07) is 17.1. The molecule has 0 saturated carbocycles. The predicted molar refractivity (Wildman–Crippen MR) is 126 cm³/mol. The third kappa shape index (κ3) is 5.88. The third-order valence-electron chi connectivity index (χ3n) is 6.16. The molecule has 0 bridgehead atoms. The molecule has 2 aliphatic rings. The van der Waals surface area contributed by atoms with Crippen molar-refractivity contribution in [2.24, 2.45) is 5.92 Å². The Morgan fingerprint density at radius 2 is 1.90 bits per heavy atom. The molecule has 1 unspecified atom stereocenters. The first-order valence-electron chi connectivity index (χ1n) is 10.9. The molecule has 4 nitrogen and oxygen atoms in total. The second-order valence-electron chi connectivity index (χ2n) is 8.19. The van der Waals surface area contributed by atoms with Gasteiger partial charge in [0.1, 0.15) is 5.75 Å². The first-order chi connectivity index (χ1) is 14.7. The van der Waals surface area contributed by atoms with Gasteiger partial charge in [0.2, 0.25) is 0 Å². The molecule has 30 heavy (non-hydrogen) atoms. The van der Waals surface area contributed by atoms with E-state index in [1.54, 1.807) is 7.11 Å². The number of fused-ring (bicyclic) bond motifs is 1. The molecule has 0 N–H and O–H groups in total. The molecular weight excluding hydrogens is 412 g/mol. The highest BCUT2D eigenvalue weighted by molar-refractivity contribution is 7.99. The lowest BCUT2D eigenvalue weighted by Crippen LogP contribution is -2.39. The lowest BCUT2D eigenvalue weighted by molar-refractivity contribution is 0.193. The summed E-state index contributed by atoms with van der Waals surface area (Å²) in [5, 5.41) is 0. The minimum absolute atomic E-state index is 0.729. The molecular formula is C24H32N2O2S2. The van der Waals surface area contributed by atoms with Crippen LogP contribution in [0, 0.1) is 5.92 Å². The molecule has 0 aliphatic carbocycles. The fourth-order valence-electron chi connectivity index (χ4n) is 4.35. The summed E-state index contributed by atoms with van der Waals surface area (Å²) in [6.07, 6.45) is 3.68. The SMILES string of the molecule is COc1ccc2c(c1)CN(S(=O)CCN1CCC(Cc3ccccc3)CC1)CCS2. The van der Waals surface area contributed by atoms with Gasteiger partial charge in [0.25, 0.3) is 0 Å². The molecule has 1 saturated heterocycles. The highest BCUT2D eigenvalue weighted by Gasteiger charge is 2.23. The summed E-state index contributed by atoms with van der Waals surface area (Å²) in [5.41, 5.74) is 2.68. The quantitative estimate of drug-likeness (QED) is 0.640. The zero-order chi connectivity index (χ0) is 20.8. The van der Waals surface area contributed by atoms with Crippen LogP contribution in [-0.4, -0.2) is 58.2 Å². The van der Waals surface area contributed by atoms with Crippen molar-refractivity contribution in [1.29, 1.82) is 0 Å². The molecule has 6 heteroatoms. The molecule has 0 radical (unpaired) electrons. The molecule has 1 atom stereocenters. The van der Waals surface area contributed by atoms with Gasteiger partial charge in [-0.1, -0.05) is 30.3 Å². The maximum atomic E-state index is 13.0. The first kappa shape index (κ1) is 21.9. The van der Waals surface area contributed by atoms with Crippen molar-refractivity contribution in [2.45, 2.75) is 30.7 Å². The Bertz CT molecular complexity index is 838. The Kier molecular flexibility index (Phi) is 7.88. The van der Waals surface area contributed by atoms with Crippen LogP contribution in [0.2, 0.25) is 0 Å². The zero-order valence-electron chi connectivity index (χ0n) is 17.8. The van der Waals surface area contributed by atoms with Crippen molar-refractivity contribution in [1.82, 2.24) is 9.21 Å². The zero-order valence-corrected chi connectivity index (χ0v) is 19.4. The summed E-state index contributed by atoms with van der Waals surface area (Å²) in [7, 11) is 0.761. The van der Waals surface area contributed by atoms with Crippen molar-refractivity contribution in [3.63, 3.8) is 0 Å². The maximum Gasteiger partial charge on any atom is 0.119 e. The molecule has 0 spiro atoms. The minimum Gasteiger partial charge on any atom is -0.497 e. The second-order valence-corrected chi connectivity index (χ2v) is 10.9. The summed E-state index contributed by atoms with van der Waals surface area (Å²) in [5.74, 6) is 3.37. The normalized spacial score (nSPS) is 19.8. The van der Waals surface area contributed by atoms with E-state index in [2.05, 4.69) is 51.7 Å². The van der Waals surface area contributed by atoms with Crippen molar-refractivity contribution in [3.8, 4) is 5.75 Å². The van der Waals surface area contributed by atoms with Crippen molar-refractivity contribution >= 4 is 22.7 Å². The van der Waals surface area contributed by atoms with Crippen LogP contribution in [0.15, 0.2) is 53.4 Å². The average molecular weight is 445 g/mol. The van der Waals surface area contributed by atoms with Gasteiger partial charge >= 0.3 is 0 Å². The summed E-state index contributed by atoms with van der Waals surface area (Å²) in [6.45, 7) is 4.80. The number of hydrogen-bond donors (Lipinski definition) is 0. The number of rotatable bonds is 7. The van der Waals surface area contributed by atoms with E-state index in [1.807, 2.05) is 17.8 Å². The van der Waals surface area contributed by atoms with Crippen LogP contribution in [0.5, 0.6) is 5.75 Å². The van der Waals surface area contributed by atoms with E-state index in [4.69, 9.17) is 4.74 Å². The molecule has 2 aliphatic heterocycles. The van der Waals surface area contributed by atoms with Crippen molar-refractivity contribution < 1.29 is 8.95 Å². The van der Waals surface area contributed by atoms with E-state index in [0.717, 1.165) is 55.9 Å². The van der Waals surface area contributed by atoms with Crippen LogP contribution in [0.4, 0.5) is 0 Å². The van der Waals surface area contributed by atoms with Crippen LogP contribution < -0.4 is 4.74 Å². The lowest BCUT2D eigenvalue weighted by atomic mass is 9.90. The van der Waals surface area contributed by atoms with Crippen LogP contribution >= 0.6 is 11.8 Å². The Morgan fingerprint density at radius 3 is 2.67 bits per heavy atom. The fourth-order valence-corrected chi connectivity index (χ4v) is 6.72. The molecule has 2 aromatic carbocycles. The number of methoxy groups -OCH3 is 1. The Balaban J connectivity index is 1.24. The number of thioether (sulfide) groups is 1. The number of nitrogens with zero attached hydrogens (tertiary/aromatic N) is 2. The molecule has 1 fully saturated rings. The molecule has 0 amide bonds. The van der Waals surface area contributed by atoms with Gasteiger partial charge in [-0.15, -0.1) is 11.8 Å². The highest BCUT2D eigenvalue weighted by atomic mass is 32.2. The highest BCUT2D eigenvalue weighted by Crippen LogP contribution is 2.31. The van der Waals surface area contributed by atoms with Gasteiger partial charge in [-0.3, -0.25) is 0 Å². The number of ether oxygens (including phenoxy) is 1. The number of piperidine rings is 1. The standard InChI is InChI=1S/C24H32N2O2S2/c1-28-23-7-8-24-22(18-23)19-26(13-15-29-24)30(27)16-14-25-11-9-21(10-12-25)17-20-5-3-2-4-6-20/h2-8,18,21H,9-17,19H2,1H3. The molecule has 4 rings (SSSR count). The Labute approximate surface area is 187 Å². The van der Waals surface area contributed by atoms with E-state index >= 15 is 0 Å². The monoisotopic (exact) mass is 444 g/mol. The fraction of sp³-hybridized carbons (Fsp3) is 0.500. The third-order valence-corrected chi connectivity index (χ3v) is 8.67. The maximum absolute atomic E-state index is 13.0. The van der Waals surface area contributed by atoms with Gasteiger partial charge in [-0.2, -0.15) is 0 Å². The van der Waals surface area contributed by atoms with Gasteiger partial charge in [-0.05, 0) is 67.6 Å². The van der Waals surface area contributed by atoms with Crippen LogP contribution in [0.3, 0.4) is 0 Å². The Morgan fingerprint density at radius 1 is 1.10 bits per heavy atom. The van der Waals surface area contributed by atoms with Crippen LogP contribution in [0.25, 0.3) is 0 Å². The number of hydrogen-bond acceptors (Lipinski definition) is 4. The topological polar surface area (TPSA) is 32.8 Å². The smallest absolute Gasteiger partial charge is 0.119 e. The average Bonchev–Trinajstić information content (AvgIpc) is 3.01. The van der Waals surface area contributed by atoms with E-state index in [0.29, 0.717) is 0 Å². The predicted octanol–water partition coefficient (Wildman–Crippen LogP) is 4.22. The number of likely N-dealkylation sites (tertiary alicyclic amines) is 1. The van der Waals surface area contributed by atoms with E-state index < -0.39 is 11.0 Å². The molecule has 0 aromatic heterocycles. The molecule has 162 valence electrons. The first-order valence-corrected chi connectivity index (χ1v) is 13.2. The van der Waals surface area contributed by atoms with Crippen molar-refractivity contribution in [3.05, 3.63) is 59.7 Å². The van der Waals surface area contributed by atoms with Gasteiger partial charge in [0.05, 0.1) is 23.8 Å². The van der Waals surface area contributed by atoms with E-state index in [1.165, 1.54) is 35.3 Å². The van der Waals surface area contributed by atoms with Gasteiger partial charge in [-0.25, -0.2) is 8.51 Å². The summed E-state index contributed by atoms with van der Waals surface area (Å²) in [4.78, 5) is 3.79. The summed E-state index contributed by atoms with van der Waals surface area (Å²) >= 11 is 1.85. The molecule has 2 aromatic rings. The van der Waals surface area contributed by atoms with Crippen LogP contribution in [-0.2, 0) is 24.0 Å². The van der Waals surface area contributed by atoms with E-state index in [9.17, 15) is 4.21 Å². The number of benzene rings is 2. The minimum atomic E-state index is -0.938. The van der Waals surface area contributed by atoms with Crippen molar-refractivity contribution in [2.75, 3.05) is 44.8 Å².